The summed E-state index contributed by atoms with van der Waals surface area (Å²) < 4.78 is 0. The molecule has 0 saturated heterocycles. The summed E-state index contributed by atoms with van der Waals surface area (Å²) in [6, 6.07) is 3.70. The van der Waals surface area contributed by atoms with Crippen LogP contribution in [-0.2, 0) is 5.41 Å². The lowest BCUT2D eigenvalue weighted by molar-refractivity contribution is 0.0934. The summed E-state index contributed by atoms with van der Waals surface area (Å²) in [6.45, 7) is 10.3. The van der Waals surface area contributed by atoms with Crippen molar-refractivity contribution in [2.45, 2.75) is 58.9 Å². The first kappa shape index (κ1) is 16.4. The van der Waals surface area contributed by atoms with Gasteiger partial charge >= 0.3 is 0 Å². The van der Waals surface area contributed by atoms with Gasteiger partial charge in [0.2, 0.25) is 0 Å². The van der Waals surface area contributed by atoms with Crippen molar-refractivity contribution in [2.24, 2.45) is 5.84 Å². The lowest BCUT2D eigenvalue weighted by Gasteiger charge is -2.20. The summed E-state index contributed by atoms with van der Waals surface area (Å²) in [7, 11) is 0. The van der Waals surface area contributed by atoms with Crippen molar-refractivity contribution in [3.8, 4) is 0 Å². The highest BCUT2D eigenvalue weighted by Gasteiger charge is 2.20. The number of nitrogen functional groups attached to an aromatic ring is 1. The van der Waals surface area contributed by atoms with Crippen molar-refractivity contribution in [3.63, 3.8) is 0 Å². The third-order valence-corrected chi connectivity index (χ3v) is 3.32. The number of rotatable bonds is 5. The average molecular weight is 278 g/mol. The maximum absolute atomic E-state index is 12.3. The molecule has 112 valence electrons. The van der Waals surface area contributed by atoms with Crippen molar-refractivity contribution < 1.29 is 4.79 Å². The fourth-order valence-corrected chi connectivity index (χ4v) is 1.88. The number of pyridine rings is 1. The third kappa shape index (κ3) is 4.20. The van der Waals surface area contributed by atoms with E-state index in [1.807, 2.05) is 6.07 Å². The lowest BCUT2D eigenvalue weighted by atomic mass is 9.90. The highest BCUT2D eigenvalue weighted by atomic mass is 16.1. The molecule has 0 atom stereocenters. The highest BCUT2D eigenvalue weighted by Crippen LogP contribution is 2.23. The molecule has 0 spiro atoms. The molecule has 0 bridgehead atoms. The summed E-state index contributed by atoms with van der Waals surface area (Å²) in [6.07, 6.45) is 1.84. The molecule has 1 aromatic heterocycles. The van der Waals surface area contributed by atoms with Crippen LogP contribution in [0.1, 0.15) is 63.5 Å². The minimum Gasteiger partial charge on any atom is -0.349 e. The van der Waals surface area contributed by atoms with Crippen LogP contribution < -0.4 is 16.6 Å². The molecule has 1 amide bonds. The lowest BCUT2D eigenvalue weighted by Crippen LogP contribution is -2.34. The summed E-state index contributed by atoms with van der Waals surface area (Å²) in [5, 5.41) is 3.03. The van der Waals surface area contributed by atoms with Crippen LogP contribution in [0.5, 0.6) is 0 Å². The molecule has 1 aromatic rings. The molecular formula is C15H26N4O. The monoisotopic (exact) mass is 278 g/mol. The second-order valence-electron chi connectivity index (χ2n) is 6.01. The molecule has 5 nitrogen and oxygen atoms in total. The van der Waals surface area contributed by atoms with Gasteiger partial charge in [-0.25, -0.2) is 10.8 Å². The summed E-state index contributed by atoms with van der Waals surface area (Å²) in [5.41, 5.74) is 3.81. The van der Waals surface area contributed by atoms with E-state index in [9.17, 15) is 4.79 Å². The number of amides is 1. The number of aromatic nitrogens is 1. The number of anilines is 1. The van der Waals surface area contributed by atoms with E-state index in [1.54, 1.807) is 6.07 Å². The van der Waals surface area contributed by atoms with E-state index >= 15 is 0 Å². The zero-order chi connectivity index (χ0) is 15.3. The highest BCUT2D eigenvalue weighted by molar-refractivity contribution is 5.95. The quantitative estimate of drug-likeness (QED) is 0.571. The molecular weight excluding hydrogens is 252 g/mol. The molecule has 1 heterocycles. The van der Waals surface area contributed by atoms with Crippen LogP contribution in [-0.4, -0.2) is 16.9 Å². The maximum Gasteiger partial charge on any atom is 0.251 e. The van der Waals surface area contributed by atoms with Crippen molar-refractivity contribution in [1.29, 1.82) is 0 Å². The molecule has 0 aromatic carbocycles. The van der Waals surface area contributed by atoms with E-state index in [-0.39, 0.29) is 17.4 Å². The number of nitrogens with two attached hydrogens (primary N) is 1. The van der Waals surface area contributed by atoms with Crippen LogP contribution in [0.4, 0.5) is 5.82 Å². The minimum atomic E-state index is -0.142. The number of hydrogen-bond acceptors (Lipinski definition) is 4. The predicted octanol–water partition coefficient (Wildman–Crippen LogP) is 2.58. The van der Waals surface area contributed by atoms with Crippen LogP contribution in [0.3, 0.4) is 0 Å². The normalized spacial score (nSPS) is 11.6. The number of carbonyl (C=O) groups excluding carboxylic acids is 1. The number of nitrogens with zero attached hydrogens (tertiary/aromatic N) is 1. The predicted molar refractivity (Wildman–Crippen MR) is 82.6 cm³/mol. The van der Waals surface area contributed by atoms with Gasteiger partial charge in [0.1, 0.15) is 5.82 Å². The SMILES string of the molecule is CCC(CC)NC(=O)c1cc(NN)nc(C(C)(C)C)c1. The van der Waals surface area contributed by atoms with Gasteiger partial charge < -0.3 is 10.7 Å². The Hall–Kier alpha value is -1.62. The van der Waals surface area contributed by atoms with E-state index in [4.69, 9.17) is 5.84 Å². The van der Waals surface area contributed by atoms with Crippen LogP contribution in [0.25, 0.3) is 0 Å². The minimum absolute atomic E-state index is 0.0805. The molecule has 0 aliphatic heterocycles. The molecule has 0 aliphatic carbocycles. The Labute approximate surface area is 121 Å². The number of hydrazine groups is 1. The van der Waals surface area contributed by atoms with E-state index < -0.39 is 0 Å². The van der Waals surface area contributed by atoms with Crippen LogP contribution in [0.15, 0.2) is 12.1 Å². The van der Waals surface area contributed by atoms with Crippen LogP contribution >= 0.6 is 0 Å². The smallest absolute Gasteiger partial charge is 0.251 e. The third-order valence-electron chi connectivity index (χ3n) is 3.32. The zero-order valence-corrected chi connectivity index (χ0v) is 13.1. The molecule has 5 heteroatoms. The van der Waals surface area contributed by atoms with Gasteiger partial charge in [-0.15, -0.1) is 0 Å². The Morgan fingerprint density at radius 2 is 1.90 bits per heavy atom. The Balaban J connectivity index is 3.08. The van der Waals surface area contributed by atoms with E-state index in [1.165, 1.54) is 0 Å². The zero-order valence-electron chi connectivity index (χ0n) is 13.1. The number of nitrogens with one attached hydrogen (secondary N) is 2. The van der Waals surface area contributed by atoms with E-state index in [0.29, 0.717) is 11.4 Å². The molecule has 4 N–H and O–H groups in total. The van der Waals surface area contributed by atoms with Crippen molar-refractivity contribution >= 4 is 11.7 Å². The van der Waals surface area contributed by atoms with Crippen LogP contribution in [0, 0.1) is 0 Å². The molecule has 0 aliphatic rings. The summed E-state index contributed by atoms with van der Waals surface area (Å²) >= 11 is 0. The van der Waals surface area contributed by atoms with Gasteiger partial charge in [0, 0.05) is 22.7 Å². The Kier molecular flexibility index (Phi) is 5.51. The summed E-state index contributed by atoms with van der Waals surface area (Å²) in [5.74, 6) is 5.87. The van der Waals surface area contributed by atoms with Crippen molar-refractivity contribution in [3.05, 3.63) is 23.4 Å². The van der Waals surface area contributed by atoms with Gasteiger partial charge in [0.05, 0.1) is 0 Å². The first-order valence-electron chi connectivity index (χ1n) is 7.11. The van der Waals surface area contributed by atoms with Crippen LogP contribution in [0.2, 0.25) is 0 Å². The maximum atomic E-state index is 12.3. The largest absolute Gasteiger partial charge is 0.349 e. The van der Waals surface area contributed by atoms with Crippen molar-refractivity contribution in [1.82, 2.24) is 10.3 Å². The van der Waals surface area contributed by atoms with E-state index in [0.717, 1.165) is 18.5 Å². The fraction of sp³-hybridized carbons (Fsp3) is 0.600. The van der Waals surface area contributed by atoms with E-state index in [2.05, 4.69) is 50.3 Å². The van der Waals surface area contributed by atoms with Gasteiger partial charge in [-0.3, -0.25) is 4.79 Å². The van der Waals surface area contributed by atoms with Crippen molar-refractivity contribution in [2.75, 3.05) is 5.43 Å². The molecule has 0 saturated carbocycles. The first-order chi connectivity index (χ1) is 9.31. The molecule has 0 fully saturated rings. The Morgan fingerprint density at radius 1 is 1.30 bits per heavy atom. The van der Waals surface area contributed by atoms with Gasteiger partial charge in [-0.1, -0.05) is 34.6 Å². The van der Waals surface area contributed by atoms with Gasteiger partial charge in [0.25, 0.3) is 5.91 Å². The molecule has 0 radical (unpaired) electrons. The van der Waals surface area contributed by atoms with Gasteiger partial charge in [-0.2, -0.15) is 0 Å². The standard InChI is InChI=1S/C15H26N4O/c1-6-11(7-2)17-14(20)10-8-12(15(3,4)5)18-13(9-10)19-16/h8-9,11H,6-7,16H2,1-5H3,(H,17,20)(H,18,19). The Bertz CT molecular complexity index is 461. The second kappa shape index (κ2) is 6.70. The second-order valence-corrected chi connectivity index (χ2v) is 6.01. The van der Waals surface area contributed by atoms with Gasteiger partial charge in [0.15, 0.2) is 0 Å². The fourth-order valence-electron chi connectivity index (χ4n) is 1.88. The topological polar surface area (TPSA) is 80.0 Å². The average Bonchev–Trinajstić information content (AvgIpc) is 2.42. The first-order valence-corrected chi connectivity index (χ1v) is 7.11. The molecule has 1 rings (SSSR count). The number of carbonyl (C=O) groups is 1. The number of hydrogen-bond donors (Lipinski definition) is 3. The Morgan fingerprint density at radius 3 is 2.35 bits per heavy atom. The van der Waals surface area contributed by atoms with Gasteiger partial charge in [-0.05, 0) is 25.0 Å². The summed E-state index contributed by atoms with van der Waals surface area (Å²) in [4.78, 5) is 16.7. The molecule has 0 unspecified atom stereocenters. The molecule has 20 heavy (non-hydrogen) atoms.